The maximum Gasteiger partial charge on any atom is 0.193 e. The Kier molecular flexibility index (Phi) is 6.54. The molecule has 1 saturated heterocycles. The van der Waals surface area contributed by atoms with E-state index in [9.17, 15) is 9.90 Å². The lowest BCUT2D eigenvalue weighted by Crippen LogP contribution is -2.27. The summed E-state index contributed by atoms with van der Waals surface area (Å²) in [4.78, 5) is 19.6. The van der Waals surface area contributed by atoms with Crippen LogP contribution < -0.4 is 10.2 Å². The van der Waals surface area contributed by atoms with Crippen molar-refractivity contribution >= 4 is 28.9 Å². The molecule has 6 heteroatoms. The molecule has 4 rings (SSSR count). The average Bonchev–Trinajstić information content (AvgIpc) is 3.28. The van der Waals surface area contributed by atoms with Crippen LogP contribution in [0.4, 0.5) is 11.5 Å². The van der Waals surface area contributed by atoms with E-state index in [1.807, 2.05) is 61.5 Å². The van der Waals surface area contributed by atoms with E-state index >= 15 is 0 Å². The molecule has 2 N–H and O–H groups in total. The lowest BCUT2D eigenvalue weighted by molar-refractivity contribution is 0.103. The fraction of sp³-hybridized carbons (Fsp3) is 0.280. The van der Waals surface area contributed by atoms with Crippen LogP contribution in [0.15, 0.2) is 60.8 Å². The minimum atomic E-state index is -0.119. The minimum Gasteiger partial charge on any atom is -0.392 e. The maximum atomic E-state index is 13.1. The van der Waals surface area contributed by atoms with Gasteiger partial charge >= 0.3 is 0 Å². The van der Waals surface area contributed by atoms with Gasteiger partial charge in [0.05, 0.1) is 11.6 Å². The molecule has 1 aliphatic rings. The average molecular weight is 436 g/mol. The van der Waals surface area contributed by atoms with E-state index in [-0.39, 0.29) is 18.4 Å². The fourth-order valence-corrected chi connectivity index (χ4v) is 4.33. The van der Waals surface area contributed by atoms with Gasteiger partial charge in [-0.15, -0.1) is 0 Å². The van der Waals surface area contributed by atoms with Crippen molar-refractivity contribution in [3.8, 4) is 0 Å². The number of aryl methyl sites for hydroxylation is 1. The SMILES string of the molecule is CCc1ccccc1C(=O)c1ccc(N2CCC(Nc3ncccc3Cl)C2)c(CO)c1. The summed E-state index contributed by atoms with van der Waals surface area (Å²) in [7, 11) is 0. The lowest BCUT2D eigenvalue weighted by atomic mass is 9.95. The standard InChI is InChI=1S/C25H26ClN3O2/c1-2-17-6-3-4-7-21(17)24(31)18-9-10-23(19(14-18)16-30)29-13-11-20(15-29)28-25-22(26)8-5-12-27-25/h3-10,12,14,20,30H,2,11,13,15-16H2,1H3,(H,27,28). The zero-order valence-electron chi connectivity index (χ0n) is 17.5. The summed E-state index contributed by atoms with van der Waals surface area (Å²) in [6, 6.07) is 17.2. The van der Waals surface area contributed by atoms with E-state index in [0.29, 0.717) is 16.4 Å². The van der Waals surface area contributed by atoms with Crippen LogP contribution in [-0.4, -0.2) is 35.0 Å². The Bertz CT molecular complexity index is 1090. The van der Waals surface area contributed by atoms with E-state index < -0.39 is 0 Å². The van der Waals surface area contributed by atoms with Crippen molar-refractivity contribution in [2.45, 2.75) is 32.4 Å². The van der Waals surface area contributed by atoms with Gasteiger partial charge in [-0.05, 0) is 48.7 Å². The van der Waals surface area contributed by atoms with Gasteiger partial charge in [0.2, 0.25) is 0 Å². The lowest BCUT2D eigenvalue weighted by Gasteiger charge is -2.22. The van der Waals surface area contributed by atoms with Crippen molar-refractivity contribution in [3.63, 3.8) is 0 Å². The number of hydrogen-bond donors (Lipinski definition) is 2. The highest BCUT2D eigenvalue weighted by molar-refractivity contribution is 6.32. The number of halogens is 1. The smallest absolute Gasteiger partial charge is 0.193 e. The van der Waals surface area contributed by atoms with Crippen molar-refractivity contribution in [3.05, 3.63) is 88.1 Å². The molecular formula is C25H26ClN3O2. The zero-order chi connectivity index (χ0) is 21.8. The van der Waals surface area contributed by atoms with E-state index in [1.165, 1.54) is 0 Å². The highest BCUT2D eigenvalue weighted by Gasteiger charge is 2.25. The molecule has 1 aromatic heterocycles. The molecule has 1 unspecified atom stereocenters. The predicted octanol–water partition coefficient (Wildman–Crippen LogP) is 4.71. The molecule has 0 radical (unpaired) electrons. The number of carbonyl (C=O) groups excluding carboxylic acids is 1. The second-order valence-electron chi connectivity index (χ2n) is 7.75. The van der Waals surface area contributed by atoms with Gasteiger partial charge in [0, 0.05) is 47.7 Å². The van der Waals surface area contributed by atoms with Crippen LogP contribution in [0.5, 0.6) is 0 Å². The molecule has 0 bridgehead atoms. The molecule has 160 valence electrons. The number of hydrogen-bond acceptors (Lipinski definition) is 5. The van der Waals surface area contributed by atoms with Crippen molar-refractivity contribution < 1.29 is 9.90 Å². The number of ketones is 1. The van der Waals surface area contributed by atoms with Crippen molar-refractivity contribution in [1.29, 1.82) is 0 Å². The highest BCUT2D eigenvalue weighted by Crippen LogP contribution is 2.29. The number of nitrogens with zero attached hydrogens (tertiary/aromatic N) is 2. The summed E-state index contributed by atoms with van der Waals surface area (Å²) in [5.74, 6) is 0.679. The van der Waals surface area contributed by atoms with Gasteiger partial charge in [-0.25, -0.2) is 4.98 Å². The van der Waals surface area contributed by atoms with Crippen LogP contribution in [-0.2, 0) is 13.0 Å². The number of pyridine rings is 1. The normalized spacial score (nSPS) is 15.8. The van der Waals surface area contributed by atoms with E-state index in [1.54, 1.807) is 6.20 Å². The van der Waals surface area contributed by atoms with Crippen molar-refractivity contribution in [2.75, 3.05) is 23.3 Å². The number of rotatable bonds is 7. The van der Waals surface area contributed by atoms with Gasteiger partial charge < -0.3 is 15.3 Å². The number of carbonyl (C=O) groups is 1. The summed E-state index contributed by atoms with van der Waals surface area (Å²) in [6.45, 7) is 3.55. The number of anilines is 2. The Hall–Kier alpha value is -2.89. The van der Waals surface area contributed by atoms with Crippen molar-refractivity contribution in [2.24, 2.45) is 0 Å². The molecule has 1 atom stereocenters. The van der Waals surface area contributed by atoms with Gasteiger partial charge in [-0.1, -0.05) is 42.8 Å². The Morgan fingerprint density at radius 3 is 2.81 bits per heavy atom. The third-order valence-electron chi connectivity index (χ3n) is 5.78. The molecule has 2 heterocycles. The van der Waals surface area contributed by atoms with Crippen LogP contribution in [0.1, 0.15) is 40.4 Å². The van der Waals surface area contributed by atoms with Crippen LogP contribution >= 0.6 is 11.6 Å². The molecule has 1 fully saturated rings. The molecule has 3 aromatic rings. The Labute approximate surface area is 187 Å². The fourth-order valence-electron chi connectivity index (χ4n) is 4.15. The van der Waals surface area contributed by atoms with Crippen LogP contribution in [0.3, 0.4) is 0 Å². The summed E-state index contributed by atoms with van der Waals surface area (Å²) in [5.41, 5.74) is 4.07. The highest BCUT2D eigenvalue weighted by atomic mass is 35.5. The Morgan fingerprint density at radius 2 is 2.03 bits per heavy atom. The van der Waals surface area contributed by atoms with Crippen molar-refractivity contribution in [1.82, 2.24) is 4.98 Å². The first-order chi connectivity index (χ1) is 15.1. The molecular weight excluding hydrogens is 410 g/mol. The third kappa shape index (κ3) is 4.58. The summed E-state index contributed by atoms with van der Waals surface area (Å²) in [5, 5.41) is 14.0. The predicted molar refractivity (Wildman–Crippen MR) is 125 cm³/mol. The van der Waals surface area contributed by atoms with Gasteiger partial charge in [-0.3, -0.25) is 4.79 Å². The van der Waals surface area contributed by atoms with Crippen LogP contribution in [0, 0.1) is 0 Å². The number of benzene rings is 2. The molecule has 1 aliphatic heterocycles. The third-order valence-corrected chi connectivity index (χ3v) is 6.09. The molecule has 31 heavy (non-hydrogen) atoms. The van der Waals surface area contributed by atoms with E-state index in [0.717, 1.165) is 48.3 Å². The Balaban J connectivity index is 1.52. The monoisotopic (exact) mass is 435 g/mol. The molecule has 0 aliphatic carbocycles. The first kappa shape index (κ1) is 21.3. The Morgan fingerprint density at radius 1 is 1.19 bits per heavy atom. The van der Waals surface area contributed by atoms with Gasteiger partial charge in [0.25, 0.3) is 0 Å². The second-order valence-corrected chi connectivity index (χ2v) is 8.16. The first-order valence-electron chi connectivity index (χ1n) is 10.6. The number of aliphatic hydroxyl groups is 1. The maximum absolute atomic E-state index is 13.1. The molecule has 0 saturated carbocycles. The summed E-state index contributed by atoms with van der Waals surface area (Å²) >= 11 is 6.22. The van der Waals surface area contributed by atoms with E-state index in [2.05, 4.69) is 15.2 Å². The second kappa shape index (κ2) is 9.50. The minimum absolute atomic E-state index is 0.00976. The summed E-state index contributed by atoms with van der Waals surface area (Å²) < 4.78 is 0. The largest absolute Gasteiger partial charge is 0.392 e. The van der Waals surface area contributed by atoms with Crippen LogP contribution in [0.25, 0.3) is 0 Å². The van der Waals surface area contributed by atoms with Gasteiger partial charge in [-0.2, -0.15) is 0 Å². The summed E-state index contributed by atoms with van der Waals surface area (Å²) in [6.07, 6.45) is 3.45. The van der Waals surface area contributed by atoms with Gasteiger partial charge in [0.1, 0.15) is 5.82 Å². The number of nitrogens with one attached hydrogen (secondary N) is 1. The van der Waals surface area contributed by atoms with E-state index in [4.69, 9.17) is 11.6 Å². The zero-order valence-corrected chi connectivity index (χ0v) is 18.3. The van der Waals surface area contributed by atoms with Crippen LogP contribution in [0.2, 0.25) is 5.02 Å². The van der Waals surface area contributed by atoms with Gasteiger partial charge in [0.15, 0.2) is 5.78 Å². The molecule has 2 aromatic carbocycles. The molecule has 5 nitrogen and oxygen atoms in total. The topological polar surface area (TPSA) is 65.5 Å². The number of aromatic nitrogens is 1. The number of aliphatic hydroxyl groups excluding tert-OH is 1. The first-order valence-corrected chi connectivity index (χ1v) is 11.0. The molecule has 0 amide bonds. The quantitative estimate of drug-likeness (QED) is 0.526. The molecule has 0 spiro atoms.